The van der Waals surface area contributed by atoms with Gasteiger partial charge in [0.2, 0.25) is 0 Å². The first-order valence-electron chi connectivity index (χ1n) is 6.93. The second-order valence-electron chi connectivity index (χ2n) is 4.85. The Morgan fingerprint density at radius 1 is 1.22 bits per heavy atom. The van der Waals surface area contributed by atoms with E-state index < -0.39 is 0 Å². The molecule has 3 heteroatoms. The van der Waals surface area contributed by atoms with Gasteiger partial charge in [-0.25, -0.2) is 4.52 Å². The van der Waals surface area contributed by atoms with Gasteiger partial charge in [-0.2, -0.15) is 5.10 Å². The van der Waals surface area contributed by atoms with Crippen molar-refractivity contribution in [2.75, 3.05) is 0 Å². The minimum atomic E-state index is -0.383. The van der Waals surface area contributed by atoms with E-state index in [0.29, 0.717) is 0 Å². The maximum absolute atomic E-state index is 10.2. The minimum absolute atomic E-state index is 0.383. The van der Waals surface area contributed by atoms with Gasteiger partial charge >= 0.3 is 0 Å². The van der Waals surface area contributed by atoms with Crippen molar-refractivity contribution >= 4 is 5.52 Å². The Labute approximate surface area is 108 Å². The predicted molar refractivity (Wildman–Crippen MR) is 73.5 cm³/mol. The van der Waals surface area contributed by atoms with Crippen LogP contribution in [-0.4, -0.2) is 14.7 Å². The first-order valence-corrected chi connectivity index (χ1v) is 6.93. The summed E-state index contributed by atoms with van der Waals surface area (Å²) in [5.74, 6) is 0. The molecule has 0 spiro atoms. The van der Waals surface area contributed by atoms with Crippen molar-refractivity contribution in [2.24, 2.45) is 0 Å². The fourth-order valence-corrected chi connectivity index (χ4v) is 2.31. The first kappa shape index (κ1) is 13.1. The van der Waals surface area contributed by atoms with E-state index in [-0.39, 0.29) is 6.10 Å². The van der Waals surface area contributed by atoms with Gasteiger partial charge in [0.25, 0.3) is 0 Å². The molecular weight excluding hydrogens is 224 g/mol. The molecule has 0 aliphatic carbocycles. The van der Waals surface area contributed by atoms with Crippen LogP contribution in [0, 0.1) is 0 Å². The van der Waals surface area contributed by atoms with Crippen LogP contribution in [0.1, 0.15) is 57.1 Å². The van der Waals surface area contributed by atoms with Crippen LogP contribution in [0.15, 0.2) is 30.6 Å². The molecule has 2 aromatic heterocycles. The zero-order valence-corrected chi connectivity index (χ0v) is 11.0. The van der Waals surface area contributed by atoms with Gasteiger partial charge < -0.3 is 5.11 Å². The molecule has 0 saturated heterocycles. The van der Waals surface area contributed by atoms with Crippen LogP contribution >= 0.6 is 0 Å². The third kappa shape index (κ3) is 3.10. The van der Waals surface area contributed by atoms with E-state index in [1.54, 1.807) is 6.20 Å². The summed E-state index contributed by atoms with van der Waals surface area (Å²) in [5, 5.41) is 14.5. The lowest BCUT2D eigenvalue weighted by atomic mass is 10.0. The van der Waals surface area contributed by atoms with Crippen LogP contribution in [0.3, 0.4) is 0 Å². The summed E-state index contributed by atoms with van der Waals surface area (Å²) in [4.78, 5) is 0. The average Bonchev–Trinajstić information content (AvgIpc) is 2.82. The largest absolute Gasteiger partial charge is 0.388 e. The van der Waals surface area contributed by atoms with Crippen molar-refractivity contribution in [2.45, 2.75) is 51.6 Å². The van der Waals surface area contributed by atoms with Crippen LogP contribution in [0.2, 0.25) is 0 Å². The molecular formula is C15H22N2O. The summed E-state index contributed by atoms with van der Waals surface area (Å²) in [5.41, 5.74) is 1.96. The van der Waals surface area contributed by atoms with Gasteiger partial charge in [0, 0.05) is 11.8 Å². The molecule has 2 rings (SSSR count). The molecule has 2 heterocycles. The van der Waals surface area contributed by atoms with Gasteiger partial charge in [-0.1, -0.05) is 45.1 Å². The Morgan fingerprint density at radius 3 is 2.89 bits per heavy atom. The van der Waals surface area contributed by atoms with Crippen LogP contribution < -0.4 is 0 Å². The summed E-state index contributed by atoms with van der Waals surface area (Å²) in [7, 11) is 0. The summed E-state index contributed by atoms with van der Waals surface area (Å²) in [6.45, 7) is 2.22. The van der Waals surface area contributed by atoms with Crippen molar-refractivity contribution in [3.05, 3.63) is 36.2 Å². The first-order chi connectivity index (χ1) is 8.83. The fourth-order valence-electron chi connectivity index (χ4n) is 2.31. The quantitative estimate of drug-likeness (QED) is 0.756. The normalized spacial score (nSPS) is 13.0. The molecule has 98 valence electrons. The standard InChI is InChI=1S/C15H22N2O/c1-2-3-4-5-6-10-15(18)13-12-16-17-11-8-7-9-14(13)17/h7-9,11-12,15,18H,2-6,10H2,1H3. The molecule has 1 N–H and O–H groups in total. The lowest BCUT2D eigenvalue weighted by Gasteiger charge is -2.09. The molecule has 0 bridgehead atoms. The molecule has 18 heavy (non-hydrogen) atoms. The van der Waals surface area contributed by atoms with E-state index in [0.717, 1.165) is 23.9 Å². The number of aliphatic hydroxyl groups excluding tert-OH is 1. The lowest BCUT2D eigenvalue weighted by Crippen LogP contribution is -1.97. The number of hydrogen-bond donors (Lipinski definition) is 1. The van der Waals surface area contributed by atoms with Crippen LogP contribution in [-0.2, 0) is 0 Å². The molecule has 1 unspecified atom stereocenters. The predicted octanol–water partition coefficient (Wildman–Crippen LogP) is 3.73. The molecule has 0 amide bonds. The maximum atomic E-state index is 10.2. The molecule has 0 aliphatic heterocycles. The van der Waals surface area contributed by atoms with Crippen LogP contribution in [0.5, 0.6) is 0 Å². The number of nitrogens with zero attached hydrogens (tertiary/aromatic N) is 2. The highest BCUT2D eigenvalue weighted by Crippen LogP contribution is 2.23. The second-order valence-corrected chi connectivity index (χ2v) is 4.85. The minimum Gasteiger partial charge on any atom is -0.388 e. The van der Waals surface area contributed by atoms with E-state index in [1.807, 2.05) is 28.9 Å². The fraction of sp³-hybridized carbons (Fsp3) is 0.533. The summed E-state index contributed by atoms with van der Waals surface area (Å²) in [6.07, 6.45) is 10.3. The molecule has 2 aromatic rings. The highest BCUT2D eigenvalue weighted by atomic mass is 16.3. The van der Waals surface area contributed by atoms with Crippen LogP contribution in [0.25, 0.3) is 5.52 Å². The highest BCUT2D eigenvalue weighted by molar-refractivity contribution is 5.54. The van der Waals surface area contributed by atoms with Crippen LogP contribution in [0.4, 0.5) is 0 Å². The smallest absolute Gasteiger partial charge is 0.0826 e. The van der Waals surface area contributed by atoms with Gasteiger partial charge in [0.05, 0.1) is 17.8 Å². The third-order valence-corrected chi connectivity index (χ3v) is 3.40. The summed E-state index contributed by atoms with van der Waals surface area (Å²) < 4.78 is 1.82. The summed E-state index contributed by atoms with van der Waals surface area (Å²) >= 11 is 0. The van der Waals surface area contributed by atoms with Gasteiger partial charge in [-0.05, 0) is 18.6 Å². The van der Waals surface area contributed by atoms with Crippen molar-refractivity contribution in [3.8, 4) is 0 Å². The van der Waals surface area contributed by atoms with Gasteiger partial charge in [0.1, 0.15) is 0 Å². The van der Waals surface area contributed by atoms with Crippen molar-refractivity contribution < 1.29 is 5.11 Å². The van der Waals surface area contributed by atoms with Crippen molar-refractivity contribution in [3.63, 3.8) is 0 Å². The number of pyridine rings is 1. The van der Waals surface area contributed by atoms with Gasteiger partial charge in [-0.3, -0.25) is 0 Å². The molecule has 1 atom stereocenters. The van der Waals surface area contributed by atoms with E-state index in [1.165, 1.54) is 25.7 Å². The van der Waals surface area contributed by atoms with Gasteiger partial charge in [-0.15, -0.1) is 0 Å². The lowest BCUT2D eigenvalue weighted by molar-refractivity contribution is 0.165. The molecule has 0 fully saturated rings. The number of unbranched alkanes of at least 4 members (excludes halogenated alkanes) is 4. The monoisotopic (exact) mass is 246 g/mol. The zero-order valence-electron chi connectivity index (χ0n) is 11.0. The maximum Gasteiger partial charge on any atom is 0.0826 e. The zero-order chi connectivity index (χ0) is 12.8. The second kappa shape index (κ2) is 6.55. The van der Waals surface area contributed by atoms with Gasteiger partial charge in [0.15, 0.2) is 0 Å². The van der Waals surface area contributed by atoms with E-state index in [9.17, 15) is 5.11 Å². The van der Waals surface area contributed by atoms with E-state index in [2.05, 4.69) is 12.0 Å². The SMILES string of the molecule is CCCCCCCC(O)c1cnn2ccccc12. The number of fused-ring (bicyclic) bond motifs is 1. The Hall–Kier alpha value is -1.35. The van der Waals surface area contributed by atoms with E-state index in [4.69, 9.17) is 0 Å². The molecule has 0 radical (unpaired) electrons. The molecule has 0 aliphatic rings. The van der Waals surface area contributed by atoms with Crippen molar-refractivity contribution in [1.29, 1.82) is 0 Å². The highest BCUT2D eigenvalue weighted by Gasteiger charge is 2.12. The average molecular weight is 246 g/mol. The Balaban J connectivity index is 1.90. The molecule has 3 nitrogen and oxygen atoms in total. The molecule has 0 aromatic carbocycles. The Kier molecular flexibility index (Phi) is 4.76. The molecule has 0 saturated carbocycles. The Bertz CT molecular complexity index is 478. The third-order valence-electron chi connectivity index (χ3n) is 3.40. The Morgan fingerprint density at radius 2 is 2.06 bits per heavy atom. The number of hydrogen-bond acceptors (Lipinski definition) is 2. The number of rotatable bonds is 7. The van der Waals surface area contributed by atoms with Crippen molar-refractivity contribution in [1.82, 2.24) is 9.61 Å². The number of aromatic nitrogens is 2. The summed E-state index contributed by atoms with van der Waals surface area (Å²) in [6, 6.07) is 5.93. The number of aliphatic hydroxyl groups is 1. The topological polar surface area (TPSA) is 37.5 Å². The van der Waals surface area contributed by atoms with E-state index >= 15 is 0 Å².